The molecule has 0 N–H and O–H groups in total. The molecule has 0 aromatic heterocycles. The maximum Gasteiger partial charge on any atom is 0.135 e. The normalized spacial score (nSPS) is 14.9. The summed E-state index contributed by atoms with van der Waals surface area (Å²) in [5.74, 6) is 2.11. The number of thioether (sulfide) groups is 2. The molecule has 3 rings (SSSR count). The van der Waals surface area contributed by atoms with Crippen molar-refractivity contribution in [2.45, 2.75) is 38.5 Å². The van der Waals surface area contributed by atoms with Crippen LogP contribution in [0, 0.1) is 4.91 Å². The first-order valence-electron chi connectivity index (χ1n) is 9.34. The summed E-state index contributed by atoms with van der Waals surface area (Å²) in [7, 11) is 0. The summed E-state index contributed by atoms with van der Waals surface area (Å²) >= 11 is 3.62. The van der Waals surface area contributed by atoms with Crippen LogP contribution in [-0.4, -0.2) is 11.5 Å². The van der Waals surface area contributed by atoms with Gasteiger partial charge >= 0.3 is 0 Å². The molecule has 2 nitrogen and oxygen atoms in total. The standard InChI is InChI=1S/C22H25NOS2/c24-23-21-20-15-5-4-13-19(20)14-7-9-17-26-22(21)25-16-8-6-12-18-10-2-1-3-11-18/h1-5,10-11,13,15H,6-9,12,14,16-17H2. The van der Waals surface area contributed by atoms with Crippen LogP contribution >= 0.6 is 23.5 Å². The first-order valence-corrected chi connectivity index (χ1v) is 11.3. The minimum Gasteiger partial charge on any atom is -0.145 e. The van der Waals surface area contributed by atoms with Crippen LogP contribution < -0.4 is 0 Å². The quantitative estimate of drug-likeness (QED) is 0.384. The van der Waals surface area contributed by atoms with E-state index in [0.717, 1.165) is 40.6 Å². The summed E-state index contributed by atoms with van der Waals surface area (Å²) < 4.78 is 1.11. The van der Waals surface area contributed by atoms with Crippen LogP contribution in [-0.2, 0) is 12.8 Å². The van der Waals surface area contributed by atoms with Gasteiger partial charge in [0, 0.05) is 5.56 Å². The van der Waals surface area contributed by atoms with Crippen molar-refractivity contribution in [3.05, 3.63) is 80.4 Å². The number of hydrogen-bond acceptors (Lipinski definition) is 4. The second-order valence-electron chi connectivity index (χ2n) is 6.48. The lowest BCUT2D eigenvalue weighted by atomic mass is 10.0. The molecule has 0 unspecified atom stereocenters. The number of nitrogens with zero attached hydrogens (tertiary/aromatic N) is 1. The van der Waals surface area contributed by atoms with Gasteiger partial charge in [-0.3, -0.25) is 0 Å². The molecule has 0 aliphatic carbocycles. The fourth-order valence-electron chi connectivity index (χ4n) is 3.17. The lowest BCUT2D eigenvalue weighted by Crippen LogP contribution is -1.93. The van der Waals surface area contributed by atoms with E-state index in [-0.39, 0.29) is 0 Å². The van der Waals surface area contributed by atoms with E-state index < -0.39 is 0 Å². The van der Waals surface area contributed by atoms with Gasteiger partial charge in [-0.25, -0.2) is 0 Å². The van der Waals surface area contributed by atoms with E-state index in [4.69, 9.17) is 0 Å². The van der Waals surface area contributed by atoms with Gasteiger partial charge in [0.1, 0.15) is 5.70 Å². The molecule has 1 heterocycles. The third kappa shape index (κ3) is 5.49. The Morgan fingerprint density at radius 3 is 2.62 bits per heavy atom. The minimum absolute atomic E-state index is 0.653. The molecule has 2 aromatic carbocycles. The van der Waals surface area contributed by atoms with Crippen LogP contribution in [0.15, 0.2) is 64.0 Å². The second kappa shape index (κ2) is 10.6. The topological polar surface area (TPSA) is 29.4 Å². The van der Waals surface area contributed by atoms with Gasteiger partial charge in [0.25, 0.3) is 0 Å². The first-order chi connectivity index (χ1) is 12.9. The smallest absolute Gasteiger partial charge is 0.135 e. The molecule has 0 radical (unpaired) electrons. The van der Waals surface area contributed by atoms with Gasteiger partial charge in [-0.1, -0.05) is 54.6 Å². The summed E-state index contributed by atoms with van der Waals surface area (Å²) in [6.07, 6.45) is 6.83. The Hall–Kier alpha value is -1.52. The van der Waals surface area contributed by atoms with Gasteiger partial charge < -0.3 is 0 Å². The molecule has 0 fully saturated rings. The predicted octanol–water partition coefficient (Wildman–Crippen LogP) is 6.90. The van der Waals surface area contributed by atoms with E-state index in [1.165, 1.54) is 30.4 Å². The molecule has 0 saturated heterocycles. The zero-order valence-corrected chi connectivity index (χ0v) is 16.7. The van der Waals surface area contributed by atoms with E-state index in [1.807, 2.05) is 35.7 Å². The fraction of sp³-hybridized carbons (Fsp3) is 0.364. The van der Waals surface area contributed by atoms with Crippen LogP contribution in [0.25, 0.3) is 5.70 Å². The van der Waals surface area contributed by atoms with Gasteiger partial charge in [-0.05, 0) is 66.3 Å². The zero-order valence-electron chi connectivity index (χ0n) is 15.0. The van der Waals surface area contributed by atoms with Gasteiger partial charge in [0.2, 0.25) is 0 Å². The maximum absolute atomic E-state index is 11.6. The van der Waals surface area contributed by atoms with E-state index in [2.05, 4.69) is 47.6 Å². The van der Waals surface area contributed by atoms with Crippen molar-refractivity contribution in [2.75, 3.05) is 11.5 Å². The predicted molar refractivity (Wildman–Crippen MR) is 116 cm³/mol. The van der Waals surface area contributed by atoms with E-state index in [1.54, 1.807) is 0 Å². The van der Waals surface area contributed by atoms with Crippen LogP contribution in [0.1, 0.15) is 42.4 Å². The molecule has 0 amide bonds. The molecule has 0 saturated carbocycles. The molecule has 136 valence electrons. The Morgan fingerprint density at radius 2 is 1.77 bits per heavy atom. The summed E-state index contributed by atoms with van der Waals surface area (Å²) in [6, 6.07) is 18.9. The summed E-state index contributed by atoms with van der Waals surface area (Å²) in [4.78, 5) is 11.6. The first kappa shape index (κ1) is 19.2. The van der Waals surface area contributed by atoms with Crippen molar-refractivity contribution in [2.24, 2.45) is 5.18 Å². The third-order valence-corrected chi connectivity index (χ3v) is 7.17. The molecular formula is C22H25NOS2. The van der Waals surface area contributed by atoms with Crippen molar-refractivity contribution in [1.82, 2.24) is 0 Å². The molecule has 0 spiro atoms. The lowest BCUT2D eigenvalue weighted by Gasteiger charge is -2.11. The lowest BCUT2D eigenvalue weighted by molar-refractivity contribution is 0.802. The Bertz CT molecular complexity index is 743. The summed E-state index contributed by atoms with van der Waals surface area (Å²) in [5.41, 5.74) is 4.34. The highest BCUT2D eigenvalue weighted by molar-refractivity contribution is 8.22. The average Bonchev–Trinajstić information content (AvgIpc) is 2.77. The number of aryl methyl sites for hydroxylation is 2. The van der Waals surface area contributed by atoms with Gasteiger partial charge in [0.05, 0.1) is 4.24 Å². The van der Waals surface area contributed by atoms with Gasteiger partial charge in [0.15, 0.2) is 0 Å². The molecule has 26 heavy (non-hydrogen) atoms. The highest BCUT2D eigenvalue weighted by Crippen LogP contribution is 2.40. The molecule has 1 aliphatic rings. The fourth-order valence-corrected chi connectivity index (χ4v) is 5.64. The molecule has 0 atom stereocenters. The van der Waals surface area contributed by atoms with Gasteiger partial charge in [-0.15, -0.1) is 28.4 Å². The van der Waals surface area contributed by atoms with Crippen molar-refractivity contribution in [3.63, 3.8) is 0 Å². The summed E-state index contributed by atoms with van der Waals surface area (Å²) in [5, 5.41) is 3.45. The highest BCUT2D eigenvalue weighted by atomic mass is 32.2. The average molecular weight is 384 g/mol. The Labute approximate surface area is 164 Å². The van der Waals surface area contributed by atoms with Crippen LogP contribution in [0.2, 0.25) is 0 Å². The third-order valence-electron chi connectivity index (χ3n) is 4.57. The molecule has 4 heteroatoms. The molecular weight excluding hydrogens is 358 g/mol. The number of unbranched alkanes of at least 4 members (excludes halogenated alkanes) is 1. The minimum atomic E-state index is 0.653. The van der Waals surface area contributed by atoms with Crippen LogP contribution in [0.5, 0.6) is 0 Å². The van der Waals surface area contributed by atoms with E-state index in [0.29, 0.717) is 5.70 Å². The Kier molecular flexibility index (Phi) is 7.84. The van der Waals surface area contributed by atoms with Crippen molar-refractivity contribution >= 4 is 29.2 Å². The van der Waals surface area contributed by atoms with Crippen LogP contribution in [0.3, 0.4) is 0 Å². The van der Waals surface area contributed by atoms with Crippen LogP contribution in [0.4, 0.5) is 0 Å². The Balaban J connectivity index is 1.63. The number of hydrogen-bond donors (Lipinski definition) is 0. The van der Waals surface area contributed by atoms with Gasteiger partial charge in [-0.2, -0.15) is 0 Å². The Morgan fingerprint density at radius 1 is 0.962 bits per heavy atom. The molecule has 0 bridgehead atoms. The number of nitroso groups, excluding NO2 is 1. The van der Waals surface area contributed by atoms with E-state index >= 15 is 0 Å². The molecule has 2 aromatic rings. The van der Waals surface area contributed by atoms with Crippen molar-refractivity contribution < 1.29 is 0 Å². The summed E-state index contributed by atoms with van der Waals surface area (Å²) in [6.45, 7) is 0. The highest BCUT2D eigenvalue weighted by Gasteiger charge is 2.17. The SMILES string of the molecule is O=NC1=C(SCCCCc2ccccc2)SCCCCc2ccccc21. The van der Waals surface area contributed by atoms with E-state index in [9.17, 15) is 4.91 Å². The second-order valence-corrected chi connectivity index (χ2v) is 8.95. The number of rotatable bonds is 7. The zero-order chi connectivity index (χ0) is 18.0. The number of fused-ring (bicyclic) bond motifs is 1. The maximum atomic E-state index is 11.6. The van der Waals surface area contributed by atoms with Crippen molar-refractivity contribution in [3.8, 4) is 0 Å². The number of benzene rings is 2. The largest absolute Gasteiger partial charge is 0.145 e. The monoisotopic (exact) mass is 383 g/mol. The van der Waals surface area contributed by atoms with Crippen molar-refractivity contribution in [1.29, 1.82) is 0 Å². The molecule has 1 aliphatic heterocycles.